The Labute approximate surface area is 163 Å². The number of carbonyl (C=O) groups excluding carboxylic acids is 1. The van der Waals surface area contributed by atoms with Gasteiger partial charge in [-0.25, -0.2) is 15.0 Å². The molecule has 2 aliphatic rings. The molecule has 0 aliphatic carbocycles. The first-order valence-electron chi connectivity index (χ1n) is 9.42. The van der Waals surface area contributed by atoms with Gasteiger partial charge in [0.25, 0.3) is 0 Å². The second kappa shape index (κ2) is 8.59. The van der Waals surface area contributed by atoms with Gasteiger partial charge in [-0.2, -0.15) is 0 Å². The van der Waals surface area contributed by atoms with E-state index in [4.69, 9.17) is 15.2 Å². The summed E-state index contributed by atoms with van der Waals surface area (Å²) < 4.78 is 11.3. The van der Waals surface area contributed by atoms with Crippen molar-refractivity contribution in [2.45, 2.75) is 6.10 Å². The second-order valence-electron chi connectivity index (χ2n) is 6.88. The van der Waals surface area contributed by atoms with Crippen molar-refractivity contribution in [2.75, 3.05) is 58.3 Å². The molecule has 1 atom stereocenters. The molecule has 28 heavy (non-hydrogen) atoms. The van der Waals surface area contributed by atoms with E-state index in [0.717, 1.165) is 29.9 Å². The van der Waals surface area contributed by atoms with E-state index in [1.807, 2.05) is 11.0 Å². The molecule has 2 saturated heterocycles. The van der Waals surface area contributed by atoms with E-state index in [1.54, 1.807) is 18.5 Å². The highest BCUT2D eigenvalue weighted by atomic mass is 16.5. The zero-order chi connectivity index (χ0) is 19.3. The number of nitrogens with two attached hydrogens (primary N) is 1. The smallest absolute Gasteiger partial charge is 0.236 e. The van der Waals surface area contributed by atoms with E-state index in [2.05, 4.69) is 19.9 Å². The molecule has 4 rings (SSSR count). The van der Waals surface area contributed by atoms with Crippen LogP contribution in [0.4, 0.5) is 5.82 Å². The van der Waals surface area contributed by atoms with Crippen molar-refractivity contribution in [3.63, 3.8) is 0 Å². The predicted molar refractivity (Wildman–Crippen MR) is 102 cm³/mol. The monoisotopic (exact) mass is 384 g/mol. The van der Waals surface area contributed by atoms with Crippen LogP contribution in [0, 0.1) is 0 Å². The first-order chi connectivity index (χ1) is 13.7. The van der Waals surface area contributed by atoms with Crippen LogP contribution in [0.25, 0.3) is 11.1 Å². The van der Waals surface area contributed by atoms with E-state index < -0.39 is 0 Å². The van der Waals surface area contributed by atoms with Crippen molar-refractivity contribution < 1.29 is 14.3 Å². The Morgan fingerprint density at radius 3 is 2.89 bits per heavy atom. The molecular weight excluding hydrogens is 360 g/mol. The van der Waals surface area contributed by atoms with Crippen LogP contribution in [0.5, 0.6) is 0 Å². The number of aromatic nitrogens is 3. The highest BCUT2D eigenvalue weighted by molar-refractivity contribution is 5.78. The number of morpholine rings is 2. The van der Waals surface area contributed by atoms with Gasteiger partial charge >= 0.3 is 0 Å². The highest BCUT2D eigenvalue weighted by Crippen LogP contribution is 2.30. The number of nitrogen functional groups attached to an aromatic ring is 1. The second-order valence-corrected chi connectivity index (χ2v) is 6.88. The lowest BCUT2D eigenvalue weighted by atomic mass is 10.0. The van der Waals surface area contributed by atoms with Crippen LogP contribution < -0.4 is 5.73 Å². The normalized spacial score (nSPS) is 20.9. The lowest BCUT2D eigenvalue weighted by Crippen LogP contribution is -2.48. The van der Waals surface area contributed by atoms with Gasteiger partial charge < -0.3 is 20.1 Å². The lowest BCUT2D eigenvalue weighted by molar-refractivity contribution is -0.141. The van der Waals surface area contributed by atoms with Crippen molar-refractivity contribution in [3.8, 4) is 11.1 Å². The number of hydrogen-bond donors (Lipinski definition) is 1. The number of pyridine rings is 1. The quantitative estimate of drug-likeness (QED) is 0.805. The van der Waals surface area contributed by atoms with Gasteiger partial charge in [0, 0.05) is 37.6 Å². The van der Waals surface area contributed by atoms with Gasteiger partial charge in [0.2, 0.25) is 5.91 Å². The van der Waals surface area contributed by atoms with Crippen LogP contribution in [0.15, 0.2) is 30.9 Å². The molecular formula is C19H24N6O3. The number of carbonyl (C=O) groups is 1. The van der Waals surface area contributed by atoms with Crippen LogP contribution in [-0.4, -0.2) is 83.2 Å². The highest BCUT2D eigenvalue weighted by Gasteiger charge is 2.29. The minimum absolute atomic E-state index is 0.110. The SMILES string of the molecule is Nc1cc(-c2cncnc2[C@@H]2CN(C(=O)CN3CCOCC3)CCO2)ccn1. The fraction of sp³-hybridized carbons (Fsp3) is 0.474. The third kappa shape index (κ3) is 4.27. The maximum Gasteiger partial charge on any atom is 0.236 e. The minimum atomic E-state index is -0.310. The summed E-state index contributed by atoms with van der Waals surface area (Å²) in [5.74, 6) is 0.540. The Bertz CT molecular complexity index is 827. The Hall–Kier alpha value is -2.62. The lowest BCUT2D eigenvalue weighted by Gasteiger charge is -2.35. The number of rotatable bonds is 4. The average Bonchev–Trinajstić information content (AvgIpc) is 2.74. The number of amides is 1. The summed E-state index contributed by atoms with van der Waals surface area (Å²) in [4.78, 5) is 29.4. The molecule has 0 aromatic carbocycles. The molecule has 0 unspecified atom stereocenters. The van der Waals surface area contributed by atoms with Gasteiger partial charge in [0.05, 0.1) is 38.6 Å². The first kappa shape index (κ1) is 18.7. The van der Waals surface area contributed by atoms with Crippen molar-refractivity contribution >= 4 is 11.7 Å². The summed E-state index contributed by atoms with van der Waals surface area (Å²) in [6.07, 6.45) is 4.59. The Morgan fingerprint density at radius 2 is 2.07 bits per heavy atom. The Morgan fingerprint density at radius 1 is 1.21 bits per heavy atom. The summed E-state index contributed by atoms with van der Waals surface area (Å²) >= 11 is 0. The topological polar surface area (TPSA) is 107 Å². The maximum atomic E-state index is 12.8. The third-order valence-electron chi connectivity index (χ3n) is 5.02. The first-order valence-corrected chi connectivity index (χ1v) is 9.42. The fourth-order valence-electron chi connectivity index (χ4n) is 3.53. The zero-order valence-electron chi connectivity index (χ0n) is 15.7. The molecule has 9 nitrogen and oxygen atoms in total. The predicted octanol–water partition coefficient (Wildman–Crippen LogP) is 0.353. The molecule has 1 amide bonds. The molecule has 148 valence electrons. The molecule has 2 aliphatic heterocycles. The van der Waals surface area contributed by atoms with Gasteiger partial charge in [-0.1, -0.05) is 0 Å². The van der Waals surface area contributed by atoms with Gasteiger partial charge in [-0.3, -0.25) is 9.69 Å². The molecule has 2 aromatic heterocycles. The molecule has 2 fully saturated rings. The van der Waals surface area contributed by atoms with Gasteiger partial charge in [-0.05, 0) is 17.7 Å². The standard InChI is InChI=1S/C19H24N6O3/c20-17-9-14(1-2-22-17)15-10-21-13-23-19(15)16-11-25(5-8-28-16)18(26)12-24-3-6-27-7-4-24/h1-2,9-10,13,16H,3-8,11-12H2,(H2,20,22)/t16-/m0/s1. The average molecular weight is 384 g/mol. The minimum Gasteiger partial charge on any atom is -0.384 e. The Balaban J connectivity index is 1.50. The van der Waals surface area contributed by atoms with Gasteiger partial charge in [0.1, 0.15) is 18.2 Å². The molecule has 4 heterocycles. The maximum absolute atomic E-state index is 12.8. The van der Waals surface area contributed by atoms with Crippen LogP contribution in [0.2, 0.25) is 0 Å². The molecule has 0 spiro atoms. The van der Waals surface area contributed by atoms with E-state index in [-0.39, 0.29) is 12.0 Å². The summed E-state index contributed by atoms with van der Waals surface area (Å²) in [5, 5.41) is 0. The van der Waals surface area contributed by atoms with Crippen molar-refractivity contribution in [2.24, 2.45) is 0 Å². The molecule has 2 N–H and O–H groups in total. The van der Waals surface area contributed by atoms with E-state index in [0.29, 0.717) is 45.3 Å². The van der Waals surface area contributed by atoms with E-state index in [1.165, 1.54) is 6.33 Å². The van der Waals surface area contributed by atoms with Crippen LogP contribution in [-0.2, 0) is 14.3 Å². The summed E-state index contributed by atoms with van der Waals surface area (Å²) in [6.45, 7) is 4.87. The van der Waals surface area contributed by atoms with Crippen molar-refractivity contribution in [1.82, 2.24) is 24.8 Å². The zero-order valence-corrected chi connectivity index (χ0v) is 15.7. The number of nitrogens with zero attached hydrogens (tertiary/aromatic N) is 5. The summed E-state index contributed by atoms with van der Waals surface area (Å²) in [7, 11) is 0. The van der Waals surface area contributed by atoms with Crippen molar-refractivity contribution in [3.05, 3.63) is 36.5 Å². The van der Waals surface area contributed by atoms with Crippen LogP contribution >= 0.6 is 0 Å². The van der Waals surface area contributed by atoms with Crippen molar-refractivity contribution in [1.29, 1.82) is 0 Å². The van der Waals surface area contributed by atoms with Crippen LogP contribution in [0.1, 0.15) is 11.8 Å². The molecule has 0 saturated carbocycles. The fourth-order valence-corrected chi connectivity index (χ4v) is 3.53. The van der Waals surface area contributed by atoms with E-state index in [9.17, 15) is 4.79 Å². The third-order valence-corrected chi connectivity index (χ3v) is 5.02. The van der Waals surface area contributed by atoms with E-state index >= 15 is 0 Å². The van der Waals surface area contributed by atoms with Crippen LogP contribution in [0.3, 0.4) is 0 Å². The molecule has 2 aromatic rings. The largest absolute Gasteiger partial charge is 0.384 e. The Kier molecular flexibility index (Phi) is 5.75. The van der Waals surface area contributed by atoms with Gasteiger partial charge in [0.15, 0.2) is 0 Å². The molecule has 0 radical (unpaired) electrons. The summed E-state index contributed by atoms with van der Waals surface area (Å²) in [6, 6.07) is 3.65. The number of anilines is 1. The summed E-state index contributed by atoms with van der Waals surface area (Å²) in [5.41, 5.74) is 8.29. The number of hydrogen-bond acceptors (Lipinski definition) is 8. The molecule has 9 heteroatoms. The molecule has 0 bridgehead atoms. The van der Waals surface area contributed by atoms with Gasteiger partial charge in [-0.15, -0.1) is 0 Å². The number of ether oxygens (including phenoxy) is 2.